The average Bonchev–Trinajstić information content (AvgIpc) is 2.48. The van der Waals surface area contributed by atoms with E-state index in [0.717, 1.165) is 12.8 Å². The van der Waals surface area contributed by atoms with Gasteiger partial charge >= 0.3 is 0 Å². The minimum absolute atomic E-state index is 0.0549. The van der Waals surface area contributed by atoms with Crippen LogP contribution in [0.3, 0.4) is 0 Å². The van der Waals surface area contributed by atoms with Gasteiger partial charge in [0.05, 0.1) is 12.0 Å². The summed E-state index contributed by atoms with van der Waals surface area (Å²) in [4.78, 5) is 13.7. The summed E-state index contributed by atoms with van der Waals surface area (Å²) in [5.41, 5.74) is 0. The summed E-state index contributed by atoms with van der Waals surface area (Å²) in [5, 5.41) is 8.83. The van der Waals surface area contributed by atoms with Gasteiger partial charge in [-0.25, -0.2) is 0 Å². The minimum atomic E-state index is -0.0549. The Morgan fingerprint density at radius 3 is 2.40 bits per heavy atom. The topological polar surface area (TPSA) is 44.1 Å². The standard InChI is InChI=1S/C12H18N2O/c13-8-10-7-12(15)14(9-10)11-5-3-1-2-4-6-11/h10-11H,1-7,9H2. The molecule has 0 aromatic heterocycles. The number of carbonyl (C=O) groups excluding carboxylic acids is 1. The second-order valence-electron chi connectivity index (χ2n) is 4.72. The largest absolute Gasteiger partial charge is 0.338 e. The van der Waals surface area contributed by atoms with Crippen LogP contribution in [-0.4, -0.2) is 23.4 Å². The SMILES string of the molecule is N#CC1CC(=O)N(C2CCCCCC2)C1. The maximum Gasteiger partial charge on any atom is 0.224 e. The molecule has 1 aliphatic carbocycles. The molecule has 82 valence electrons. The first-order valence-electron chi connectivity index (χ1n) is 6.00. The maximum absolute atomic E-state index is 11.7. The highest BCUT2D eigenvalue weighted by Gasteiger charge is 2.34. The van der Waals surface area contributed by atoms with E-state index < -0.39 is 0 Å². The van der Waals surface area contributed by atoms with Gasteiger partial charge in [-0.1, -0.05) is 25.7 Å². The summed E-state index contributed by atoms with van der Waals surface area (Å²) in [6, 6.07) is 2.65. The van der Waals surface area contributed by atoms with Crippen molar-refractivity contribution < 1.29 is 4.79 Å². The highest BCUT2D eigenvalue weighted by Crippen LogP contribution is 2.27. The molecule has 1 saturated heterocycles. The van der Waals surface area contributed by atoms with Gasteiger partial charge in [-0.3, -0.25) is 4.79 Å². The van der Waals surface area contributed by atoms with Crippen LogP contribution in [0.25, 0.3) is 0 Å². The molecule has 0 N–H and O–H groups in total. The number of rotatable bonds is 1. The van der Waals surface area contributed by atoms with E-state index >= 15 is 0 Å². The van der Waals surface area contributed by atoms with Gasteiger partial charge in [-0.05, 0) is 12.8 Å². The fraction of sp³-hybridized carbons (Fsp3) is 0.833. The van der Waals surface area contributed by atoms with Crippen LogP contribution in [0.1, 0.15) is 44.9 Å². The van der Waals surface area contributed by atoms with E-state index in [1.54, 1.807) is 0 Å². The predicted molar refractivity (Wildman–Crippen MR) is 56.9 cm³/mol. The number of amides is 1. The Morgan fingerprint density at radius 1 is 1.20 bits per heavy atom. The second-order valence-corrected chi connectivity index (χ2v) is 4.72. The van der Waals surface area contributed by atoms with E-state index in [9.17, 15) is 4.79 Å². The van der Waals surface area contributed by atoms with Crippen LogP contribution < -0.4 is 0 Å². The van der Waals surface area contributed by atoms with Crippen molar-refractivity contribution in [3.05, 3.63) is 0 Å². The van der Waals surface area contributed by atoms with Gasteiger partial charge in [0, 0.05) is 19.0 Å². The first-order valence-corrected chi connectivity index (χ1v) is 6.00. The average molecular weight is 206 g/mol. The molecular weight excluding hydrogens is 188 g/mol. The van der Waals surface area contributed by atoms with Crippen molar-refractivity contribution in [2.45, 2.75) is 51.0 Å². The summed E-state index contributed by atoms with van der Waals surface area (Å²) >= 11 is 0. The van der Waals surface area contributed by atoms with Crippen molar-refractivity contribution >= 4 is 5.91 Å². The summed E-state index contributed by atoms with van der Waals surface area (Å²) in [6.45, 7) is 0.681. The number of carbonyl (C=O) groups is 1. The Hall–Kier alpha value is -1.04. The van der Waals surface area contributed by atoms with Gasteiger partial charge in [-0.15, -0.1) is 0 Å². The monoisotopic (exact) mass is 206 g/mol. The quantitative estimate of drug-likeness (QED) is 0.616. The Bertz CT molecular complexity index is 274. The molecule has 3 heteroatoms. The third-order valence-corrected chi connectivity index (χ3v) is 3.61. The molecule has 0 aromatic rings. The molecule has 15 heavy (non-hydrogen) atoms. The summed E-state index contributed by atoms with van der Waals surface area (Å²) in [6.07, 6.45) is 7.83. The minimum Gasteiger partial charge on any atom is -0.338 e. The highest BCUT2D eigenvalue weighted by molar-refractivity contribution is 5.79. The molecule has 1 saturated carbocycles. The molecule has 1 atom stereocenters. The van der Waals surface area contributed by atoms with E-state index in [1.165, 1.54) is 25.7 Å². The van der Waals surface area contributed by atoms with Crippen molar-refractivity contribution in [1.82, 2.24) is 4.90 Å². The summed E-state index contributed by atoms with van der Waals surface area (Å²) < 4.78 is 0. The van der Waals surface area contributed by atoms with Crippen molar-refractivity contribution in [3.63, 3.8) is 0 Å². The molecule has 2 aliphatic rings. The lowest BCUT2D eigenvalue weighted by Gasteiger charge is -2.26. The van der Waals surface area contributed by atoms with E-state index in [2.05, 4.69) is 6.07 Å². The van der Waals surface area contributed by atoms with Gasteiger partial charge in [0.15, 0.2) is 0 Å². The summed E-state index contributed by atoms with van der Waals surface area (Å²) in [7, 11) is 0. The van der Waals surface area contributed by atoms with Crippen LogP contribution in [-0.2, 0) is 4.79 Å². The Labute approximate surface area is 91.1 Å². The first-order chi connectivity index (χ1) is 7.31. The third kappa shape index (κ3) is 2.31. The molecule has 0 spiro atoms. The molecule has 1 heterocycles. The summed E-state index contributed by atoms with van der Waals surface area (Å²) in [5.74, 6) is 0.147. The molecule has 0 radical (unpaired) electrons. The molecule has 1 amide bonds. The zero-order valence-corrected chi connectivity index (χ0v) is 9.11. The molecule has 2 rings (SSSR count). The van der Waals surface area contributed by atoms with E-state index in [0.29, 0.717) is 19.0 Å². The van der Waals surface area contributed by atoms with Gasteiger partial charge in [0.2, 0.25) is 5.91 Å². The van der Waals surface area contributed by atoms with Crippen molar-refractivity contribution in [2.24, 2.45) is 5.92 Å². The fourth-order valence-corrected chi connectivity index (χ4v) is 2.74. The third-order valence-electron chi connectivity index (χ3n) is 3.61. The van der Waals surface area contributed by atoms with Gasteiger partial charge < -0.3 is 4.90 Å². The van der Waals surface area contributed by atoms with Crippen molar-refractivity contribution in [1.29, 1.82) is 5.26 Å². The predicted octanol–water partition coefficient (Wildman–Crippen LogP) is 2.08. The molecule has 2 fully saturated rings. The van der Waals surface area contributed by atoms with Crippen LogP contribution in [0, 0.1) is 17.2 Å². The Kier molecular flexibility index (Phi) is 3.25. The van der Waals surface area contributed by atoms with Crippen LogP contribution in [0.15, 0.2) is 0 Å². The van der Waals surface area contributed by atoms with Crippen molar-refractivity contribution in [3.8, 4) is 6.07 Å². The lowest BCUT2D eigenvalue weighted by Crippen LogP contribution is -2.36. The second kappa shape index (κ2) is 4.65. The van der Waals surface area contributed by atoms with Gasteiger partial charge in [0.1, 0.15) is 0 Å². The normalized spacial score (nSPS) is 28.9. The molecule has 3 nitrogen and oxygen atoms in total. The molecule has 1 unspecified atom stereocenters. The smallest absolute Gasteiger partial charge is 0.224 e. The zero-order valence-electron chi connectivity index (χ0n) is 9.11. The van der Waals surface area contributed by atoms with Crippen LogP contribution in [0.4, 0.5) is 0 Å². The van der Waals surface area contributed by atoms with E-state index in [1.807, 2.05) is 4.90 Å². The molecule has 1 aliphatic heterocycles. The lowest BCUT2D eigenvalue weighted by atomic mass is 10.1. The Balaban J connectivity index is 1.97. The molecule has 0 aromatic carbocycles. The zero-order chi connectivity index (χ0) is 10.7. The van der Waals surface area contributed by atoms with E-state index in [-0.39, 0.29) is 11.8 Å². The number of likely N-dealkylation sites (tertiary alicyclic amines) is 1. The number of nitriles is 1. The Morgan fingerprint density at radius 2 is 1.87 bits per heavy atom. The van der Waals surface area contributed by atoms with Crippen LogP contribution >= 0.6 is 0 Å². The highest BCUT2D eigenvalue weighted by atomic mass is 16.2. The lowest BCUT2D eigenvalue weighted by molar-refractivity contribution is -0.129. The van der Waals surface area contributed by atoms with Crippen LogP contribution in [0.2, 0.25) is 0 Å². The van der Waals surface area contributed by atoms with E-state index in [4.69, 9.17) is 5.26 Å². The maximum atomic E-state index is 11.7. The van der Waals surface area contributed by atoms with Crippen molar-refractivity contribution in [2.75, 3.05) is 6.54 Å². The first kappa shape index (κ1) is 10.5. The van der Waals surface area contributed by atoms with Gasteiger partial charge in [0.25, 0.3) is 0 Å². The van der Waals surface area contributed by atoms with Crippen LogP contribution in [0.5, 0.6) is 0 Å². The fourth-order valence-electron chi connectivity index (χ4n) is 2.74. The molecule has 0 bridgehead atoms. The van der Waals surface area contributed by atoms with Gasteiger partial charge in [-0.2, -0.15) is 5.26 Å². The number of nitrogens with zero attached hydrogens (tertiary/aromatic N) is 2. The number of hydrogen-bond acceptors (Lipinski definition) is 2. The number of hydrogen-bond donors (Lipinski definition) is 0. The molecular formula is C12H18N2O.